The van der Waals surface area contributed by atoms with Gasteiger partial charge >= 0.3 is 0 Å². The zero-order valence-corrected chi connectivity index (χ0v) is 19.5. The fourth-order valence-electron chi connectivity index (χ4n) is 4.10. The van der Waals surface area contributed by atoms with Crippen LogP contribution in [0.25, 0.3) is 0 Å². The summed E-state index contributed by atoms with van der Waals surface area (Å²) >= 11 is 0. The van der Waals surface area contributed by atoms with Crippen LogP contribution < -0.4 is 15.0 Å². The summed E-state index contributed by atoms with van der Waals surface area (Å²) in [6, 6.07) is 16.4. The predicted octanol–water partition coefficient (Wildman–Crippen LogP) is 3.61. The third kappa shape index (κ3) is 5.31. The number of nitrogens with one attached hydrogen (secondary N) is 1. The average Bonchev–Trinajstić information content (AvgIpc) is 2.96. The van der Waals surface area contributed by atoms with Crippen molar-refractivity contribution in [2.24, 2.45) is 0 Å². The molecule has 0 radical (unpaired) electrons. The fraction of sp³-hybridized carbons (Fsp3) is 0.346. The highest BCUT2D eigenvalue weighted by molar-refractivity contribution is 5.99. The first-order chi connectivity index (χ1) is 16.1. The van der Waals surface area contributed by atoms with Gasteiger partial charge in [-0.3, -0.25) is 4.79 Å². The Hall–Kier alpha value is -3.45. The Morgan fingerprint density at radius 3 is 2.73 bits per heavy atom. The largest absolute Gasteiger partial charge is 0.486 e. The Balaban J connectivity index is 1.50. The second-order valence-corrected chi connectivity index (χ2v) is 8.41. The van der Waals surface area contributed by atoms with Gasteiger partial charge in [-0.05, 0) is 49.3 Å². The number of aryl methyl sites for hydroxylation is 1. The van der Waals surface area contributed by atoms with Gasteiger partial charge in [-0.15, -0.1) is 0 Å². The van der Waals surface area contributed by atoms with Gasteiger partial charge in [0, 0.05) is 39.3 Å². The normalized spacial score (nSPS) is 14.6. The van der Waals surface area contributed by atoms with Gasteiger partial charge in [-0.1, -0.05) is 36.4 Å². The van der Waals surface area contributed by atoms with Crippen molar-refractivity contribution in [2.75, 3.05) is 38.6 Å². The molecule has 1 amide bonds. The molecule has 0 bridgehead atoms. The Morgan fingerprint density at radius 2 is 1.97 bits per heavy atom. The number of aromatic nitrogens is 2. The van der Waals surface area contributed by atoms with Crippen LogP contribution >= 0.6 is 0 Å². The maximum atomic E-state index is 13.2. The first-order valence-electron chi connectivity index (χ1n) is 11.3. The van der Waals surface area contributed by atoms with Gasteiger partial charge in [0.15, 0.2) is 0 Å². The molecular weight excluding hydrogens is 414 g/mol. The number of anilines is 1. The Labute approximate surface area is 195 Å². The maximum absolute atomic E-state index is 13.2. The van der Waals surface area contributed by atoms with Crippen molar-refractivity contribution in [3.05, 3.63) is 83.3 Å². The molecule has 0 aliphatic carbocycles. The number of fused-ring (bicyclic) bond motifs is 1. The number of likely N-dealkylation sites (N-methyl/N-ethyl adjacent to an activating group) is 1. The van der Waals surface area contributed by atoms with Gasteiger partial charge < -0.3 is 19.9 Å². The van der Waals surface area contributed by atoms with E-state index in [-0.39, 0.29) is 12.0 Å². The van der Waals surface area contributed by atoms with Crippen LogP contribution in [0.5, 0.6) is 5.75 Å². The van der Waals surface area contributed by atoms with Crippen molar-refractivity contribution in [1.29, 1.82) is 0 Å². The SMILES string of the molecule is CNCCC(Oc1ccc(CN2CCN(C)c3ncncc3C2=O)c(C)c1)c1ccccc1. The highest BCUT2D eigenvalue weighted by Crippen LogP contribution is 2.28. The van der Waals surface area contributed by atoms with E-state index in [4.69, 9.17) is 4.74 Å². The second kappa shape index (κ2) is 10.4. The molecule has 1 atom stereocenters. The first-order valence-corrected chi connectivity index (χ1v) is 11.3. The van der Waals surface area contributed by atoms with E-state index in [1.807, 2.05) is 48.2 Å². The molecule has 7 nitrogen and oxygen atoms in total. The van der Waals surface area contributed by atoms with Crippen molar-refractivity contribution in [3.8, 4) is 5.75 Å². The highest BCUT2D eigenvalue weighted by Gasteiger charge is 2.26. The molecule has 2 aromatic carbocycles. The summed E-state index contributed by atoms with van der Waals surface area (Å²) in [7, 11) is 3.91. The van der Waals surface area contributed by atoms with E-state index in [2.05, 4.69) is 46.5 Å². The van der Waals surface area contributed by atoms with Crippen LogP contribution in [0.4, 0.5) is 5.82 Å². The summed E-state index contributed by atoms with van der Waals surface area (Å²) in [6.45, 7) is 4.82. The fourth-order valence-corrected chi connectivity index (χ4v) is 4.10. The van der Waals surface area contributed by atoms with Crippen molar-refractivity contribution >= 4 is 11.7 Å². The lowest BCUT2D eigenvalue weighted by atomic mass is 10.1. The third-order valence-corrected chi connectivity index (χ3v) is 6.06. The van der Waals surface area contributed by atoms with E-state index in [0.717, 1.165) is 42.0 Å². The summed E-state index contributed by atoms with van der Waals surface area (Å²) in [5.41, 5.74) is 3.91. The van der Waals surface area contributed by atoms with E-state index in [1.165, 1.54) is 6.33 Å². The Bertz CT molecular complexity index is 1090. The maximum Gasteiger partial charge on any atom is 0.259 e. The highest BCUT2D eigenvalue weighted by atomic mass is 16.5. The molecule has 0 spiro atoms. The van der Waals surface area contributed by atoms with E-state index < -0.39 is 0 Å². The molecule has 1 aliphatic rings. The molecule has 33 heavy (non-hydrogen) atoms. The predicted molar refractivity (Wildman–Crippen MR) is 130 cm³/mol. The molecule has 2 heterocycles. The van der Waals surface area contributed by atoms with Crippen LogP contribution in [-0.2, 0) is 6.54 Å². The van der Waals surface area contributed by atoms with Crippen molar-refractivity contribution in [1.82, 2.24) is 20.2 Å². The molecule has 4 rings (SSSR count). The van der Waals surface area contributed by atoms with Gasteiger partial charge in [-0.2, -0.15) is 0 Å². The number of rotatable bonds is 8. The van der Waals surface area contributed by atoms with Crippen LogP contribution in [0.1, 0.15) is 39.6 Å². The zero-order valence-electron chi connectivity index (χ0n) is 19.5. The number of carbonyl (C=O) groups excluding carboxylic acids is 1. The lowest BCUT2D eigenvalue weighted by Gasteiger charge is -2.23. The van der Waals surface area contributed by atoms with E-state index >= 15 is 0 Å². The minimum Gasteiger partial charge on any atom is -0.486 e. The van der Waals surface area contributed by atoms with Crippen LogP contribution in [0, 0.1) is 6.92 Å². The van der Waals surface area contributed by atoms with Gasteiger partial charge in [0.05, 0.1) is 0 Å². The minimum atomic E-state index is -0.0362. The summed E-state index contributed by atoms with van der Waals surface area (Å²) in [6.07, 6.45) is 3.94. The van der Waals surface area contributed by atoms with Gasteiger partial charge in [0.2, 0.25) is 0 Å². The van der Waals surface area contributed by atoms with Crippen molar-refractivity contribution in [2.45, 2.75) is 26.0 Å². The molecule has 0 saturated heterocycles. The molecule has 172 valence electrons. The third-order valence-electron chi connectivity index (χ3n) is 6.06. The number of amides is 1. The smallest absolute Gasteiger partial charge is 0.259 e. The molecule has 1 aliphatic heterocycles. The average molecular weight is 446 g/mol. The number of benzene rings is 2. The van der Waals surface area contributed by atoms with E-state index in [9.17, 15) is 4.79 Å². The molecular formula is C26H31N5O2. The summed E-state index contributed by atoms with van der Waals surface area (Å²) in [4.78, 5) is 25.4. The topological polar surface area (TPSA) is 70.6 Å². The summed E-state index contributed by atoms with van der Waals surface area (Å²) in [5, 5.41) is 3.21. The van der Waals surface area contributed by atoms with E-state index in [0.29, 0.717) is 24.5 Å². The number of nitrogens with zero attached hydrogens (tertiary/aromatic N) is 4. The van der Waals surface area contributed by atoms with Crippen molar-refractivity contribution < 1.29 is 9.53 Å². The molecule has 0 saturated carbocycles. The van der Waals surface area contributed by atoms with E-state index in [1.54, 1.807) is 6.20 Å². The molecule has 1 unspecified atom stereocenters. The van der Waals surface area contributed by atoms with Crippen LogP contribution in [0.3, 0.4) is 0 Å². The van der Waals surface area contributed by atoms with Crippen LogP contribution in [-0.4, -0.2) is 54.5 Å². The quantitative estimate of drug-likeness (QED) is 0.571. The van der Waals surface area contributed by atoms with Crippen molar-refractivity contribution in [3.63, 3.8) is 0 Å². The van der Waals surface area contributed by atoms with Gasteiger partial charge in [0.1, 0.15) is 29.6 Å². The Morgan fingerprint density at radius 1 is 1.15 bits per heavy atom. The summed E-state index contributed by atoms with van der Waals surface area (Å²) < 4.78 is 6.39. The zero-order chi connectivity index (χ0) is 23.2. The lowest BCUT2D eigenvalue weighted by Crippen LogP contribution is -2.33. The number of carbonyl (C=O) groups is 1. The number of ether oxygens (including phenoxy) is 1. The monoisotopic (exact) mass is 445 g/mol. The number of hydrogen-bond acceptors (Lipinski definition) is 6. The van der Waals surface area contributed by atoms with Gasteiger partial charge in [0.25, 0.3) is 5.91 Å². The van der Waals surface area contributed by atoms with Gasteiger partial charge in [-0.25, -0.2) is 9.97 Å². The molecule has 7 heteroatoms. The lowest BCUT2D eigenvalue weighted by molar-refractivity contribution is 0.0754. The van der Waals surface area contributed by atoms with Crippen LogP contribution in [0.15, 0.2) is 61.1 Å². The molecule has 3 aromatic rings. The molecule has 1 N–H and O–H groups in total. The molecule has 0 fully saturated rings. The number of hydrogen-bond donors (Lipinski definition) is 1. The summed E-state index contributed by atoms with van der Waals surface area (Å²) in [5.74, 6) is 1.49. The first kappa shape index (κ1) is 22.7. The Kier molecular flexibility index (Phi) is 7.19. The van der Waals surface area contributed by atoms with Crippen LogP contribution in [0.2, 0.25) is 0 Å². The standard InChI is InChI=1S/C26H31N5O2/c1-19-15-22(33-24(11-12-27-2)20-7-5-4-6-8-20)10-9-21(19)17-31-14-13-30(3)25-23(26(31)32)16-28-18-29-25/h4-10,15-16,18,24,27H,11-14,17H2,1-3H3. The minimum absolute atomic E-state index is 0.0249. The molecule has 1 aromatic heterocycles. The second-order valence-electron chi connectivity index (χ2n) is 8.41.